The highest BCUT2D eigenvalue weighted by atomic mass is 35.5. The third-order valence-corrected chi connectivity index (χ3v) is 4.08. The molecule has 90 valence electrons. The summed E-state index contributed by atoms with van der Waals surface area (Å²) in [6.45, 7) is 2.90. The number of ether oxygens (including phenoxy) is 1. The van der Waals surface area contributed by atoms with E-state index in [2.05, 4.69) is 11.4 Å². The quantitative estimate of drug-likeness (QED) is 0.818. The van der Waals surface area contributed by atoms with Crippen molar-refractivity contribution in [2.24, 2.45) is 0 Å². The lowest BCUT2D eigenvalue weighted by Gasteiger charge is -2.22. The van der Waals surface area contributed by atoms with E-state index in [4.69, 9.17) is 16.3 Å². The van der Waals surface area contributed by atoms with E-state index >= 15 is 0 Å². The number of hydrogen-bond donors (Lipinski definition) is 1. The van der Waals surface area contributed by atoms with Crippen molar-refractivity contribution < 1.29 is 4.74 Å². The van der Waals surface area contributed by atoms with Crippen LogP contribution in [-0.4, -0.2) is 19.3 Å². The van der Waals surface area contributed by atoms with E-state index in [-0.39, 0.29) is 0 Å². The van der Waals surface area contributed by atoms with Crippen LogP contribution in [0.5, 0.6) is 0 Å². The van der Waals surface area contributed by atoms with Gasteiger partial charge in [0.1, 0.15) is 0 Å². The van der Waals surface area contributed by atoms with Crippen LogP contribution in [0.2, 0.25) is 4.34 Å². The van der Waals surface area contributed by atoms with Gasteiger partial charge in [-0.3, -0.25) is 0 Å². The van der Waals surface area contributed by atoms with E-state index in [1.807, 2.05) is 6.07 Å². The number of hydrogen-bond acceptors (Lipinski definition) is 3. The maximum atomic E-state index is 5.87. The van der Waals surface area contributed by atoms with E-state index in [9.17, 15) is 0 Å². The van der Waals surface area contributed by atoms with Crippen molar-refractivity contribution in [3.05, 3.63) is 21.3 Å². The Balaban J connectivity index is 1.57. The molecule has 2 nitrogen and oxygen atoms in total. The summed E-state index contributed by atoms with van der Waals surface area (Å²) in [4.78, 5) is 1.30. The Bertz CT molecular complexity index is 310. The van der Waals surface area contributed by atoms with Gasteiger partial charge in [0.25, 0.3) is 0 Å². The van der Waals surface area contributed by atoms with Gasteiger partial charge in [-0.15, -0.1) is 11.3 Å². The predicted octanol–water partition coefficient (Wildman–Crippen LogP) is 3.45. The molecular weight excluding hydrogens is 242 g/mol. The molecule has 0 aromatic carbocycles. The van der Waals surface area contributed by atoms with Gasteiger partial charge in [0, 0.05) is 18.0 Å². The zero-order valence-corrected chi connectivity index (χ0v) is 10.9. The number of rotatable bonds is 5. The second-order valence-electron chi connectivity index (χ2n) is 4.16. The van der Waals surface area contributed by atoms with Crippen molar-refractivity contribution >= 4 is 22.9 Å². The Kier molecular flexibility index (Phi) is 5.10. The van der Waals surface area contributed by atoms with Gasteiger partial charge in [0.15, 0.2) is 0 Å². The molecule has 1 aliphatic heterocycles. The first kappa shape index (κ1) is 12.4. The van der Waals surface area contributed by atoms with Crippen molar-refractivity contribution in [1.82, 2.24) is 5.32 Å². The van der Waals surface area contributed by atoms with E-state index in [1.165, 1.54) is 24.1 Å². The molecule has 0 aliphatic carbocycles. The molecule has 1 saturated heterocycles. The van der Waals surface area contributed by atoms with Crippen molar-refractivity contribution in [3.63, 3.8) is 0 Å². The smallest absolute Gasteiger partial charge is 0.0931 e. The zero-order chi connectivity index (χ0) is 11.2. The molecule has 4 heteroatoms. The Morgan fingerprint density at radius 1 is 1.44 bits per heavy atom. The molecule has 16 heavy (non-hydrogen) atoms. The van der Waals surface area contributed by atoms with Gasteiger partial charge in [0.05, 0.1) is 10.4 Å². The summed E-state index contributed by atoms with van der Waals surface area (Å²) in [7, 11) is 0. The minimum atomic E-state index is 0.480. The number of nitrogens with one attached hydrogen (secondary N) is 1. The molecule has 0 radical (unpaired) electrons. The SMILES string of the molecule is Clc1ccc(CNCCC2CCCCO2)s1. The zero-order valence-electron chi connectivity index (χ0n) is 9.38. The third kappa shape index (κ3) is 4.06. The minimum absolute atomic E-state index is 0.480. The molecule has 0 spiro atoms. The average Bonchev–Trinajstić information content (AvgIpc) is 2.72. The summed E-state index contributed by atoms with van der Waals surface area (Å²) in [6, 6.07) is 4.03. The maximum Gasteiger partial charge on any atom is 0.0931 e. The highest BCUT2D eigenvalue weighted by Gasteiger charge is 2.12. The molecule has 1 atom stereocenters. The van der Waals surface area contributed by atoms with Gasteiger partial charge in [-0.2, -0.15) is 0 Å². The van der Waals surface area contributed by atoms with Crippen LogP contribution >= 0.6 is 22.9 Å². The molecule has 0 bridgehead atoms. The largest absolute Gasteiger partial charge is 0.378 e. The summed E-state index contributed by atoms with van der Waals surface area (Å²) >= 11 is 7.51. The minimum Gasteiger partial charge on any atom is -0.378 e. The first-order valence-corrected chi connectivity index (χ1v) is 7.10. The lowest BCUT2D eigenvalue weighted by molar-refractivity contribution is 0.0115. The summed E-state index contributed by atoms with van der Waals surface area (Å²) < 4.78 is 6.54. The van der Waals surface area contributed by atoms with Crippen LogP contribution in [0.3, 0.4) is 0 Å². The lowest BCUT2D eigenvalue weighted by Crippen LogP contribution is -2.24. The molecule has 1 unspecified atom stereocenters. The normalized spacial score (nSPS) is 21.2. The Morgan fingerprint density at radius 3 is 3.06 bits per heavy atom. The van der Waals surface area contributed by atoms with Crippen molar-refractivity contribution in [2.75, 3.05) is 13.2 Å². The van der Waals surface area contributed by atoms with Gasteiger partial charge in [-0.25, -0.2) is 0 Å². The molecule has 0 amide bonds. The molecule has 1 N–H and O–H groups in total. The molecule has 1 aliphatic rings. The predicted molar refractivity (Wildman–Crippen MR) is 69.2 cm³/mol. The Hall–Kier alpha value is -0.0900. The molecular formula is C12H18ClNOS. The van der Waals surface area contributed by atoms with Crippen LogP contribution in [0.25, 0.3) is 0 Å². The van der Waals surface area contributed by atoms with Crippen molar-refractivity contribution in [2.45, 2.75) is 38.3 Å². The highest BCUT2D eigenvalue weighted by molar-refractivity contribution is 7.16. The molecule has 1 aromatic heterocycles. The highest BCUT2D eigenvalue weighted by Crippen LogP contribution is 2.21. The number of thiophene rings is 1. The topological polar surface area (TPSA) is 21.3 Å². The van der Waals surface area contributed by atoms with E-state index in [0.717, 1.165) is 30.5 Å². The first-order chi connectivity index (χ1) is 7.84. The van der Waals surface area contributed by atoms with Gasteiger partial charge in [0.2, 0.25) is 0 Å². The summed E-state index contributed by atoms with van der Waals surface area (Å²) in [5.74, 6) is 0. The van der Waals surface area contributed by atoms with Crippen LogP contribution in [0.1, 0.15) is 30.6 Å². The molecule has 2 rings (SSSR count). The van der Waals surface area contributed by atoms with E-state index < -0.39 is 0 Å². The Morgan fingerprint density at radius 2 is 2.38 bits per heavy atom. The summed E-state index contributed by atoms with van der Waals surface area (Å²) in [6.07, 6.45) is 5.39. The van der Waals surface area contributed by atoms with E-state index in [0.29, 0.717) is 6.10 Å². The van der Waals surface area contributed by atoms with Crippen LogP contribution < -0.4 is 5.32 Å². The van der Waals surface area contributed by atoms with Crippen LogP contribution in [0.15, 0.2) is 12.1 Å². The summed E-state index contributed by atoms with van der Waals surface area (Å²) in [5, 5.41) is 3.43. The van der Waals surface area contributed by atoms with Gasteiger partial charge >= 0.3 is 0 Å². The fraction of sp³-hybridized carbons (Fsp3) is 0.667. The van der Waals surface area contributed by atoms with Crippen molar-refractivity contribution in [3.8, 4) is 0 Å². The Labute approximate surface area is 106 Å². The molecule has 1 aromatic rings. The molecule has 0 saturated carbocycles. The van der Waals surface area contributed by atoms with Crippen LogP contribution in [-0.2, 0) is 11.3 Å². The summed E-state index contributed by atoms with van der Waals surface area (Å²) in [5.41, 5.74) is 0. The van der Waals surface area contributed by atoms with Gasteiger partial charge in [-0.05, 0) is 44.4 Å². The first-order valence-electron chi connectivity index (χ1n) is 5.91. The van der Waals surface area contributed by atoms with Gasteiger partial charge < -0.3 is 10.1 Å². The third-order valence-electron chi connectivity index (χ3n) is 2.85. The van der Waals surface area contributed by atoms with Crippen LogP contribution in [0.4, 0.5) is 0 Å². The standard InChI is InChI=1S/C12H18ClNOS/c13-12-5-4-11(16-12)9-14-7-6-10-3-1-2-8-15-10/h4-5,10,14H,1-3,6-9H2. The monoisotopic (exact) mass is 259 g/mol. The second kappa shape index (κ2) is 6.60. The lowest BCUT2D eigenvalue weighted by atomic mass is 10.1. The molecule has 2 heterocycles. The fourth-order valence-electron chi connectivity index (χ4n) is 1.96. The number of halogens is 1. The average molecular weight is 260 g/mol. The maximum absolute atomic E-state index is 5.87. The van der Waals surface area contributed by atoms with Crippen LogP contribution in [0, 0.1) is 0 Å². The van der Waals surface area contributed by atoms with Crippen molar-refractivity contribution in [1.29, 1.82) is 0 Å². The second-order valence-corrected chi connectivity index (χ2v) is 5.96. The molecule has 1 fully saturated rings. The fourth-order valence-corrected chi connectivity index (χ4v) is 3.01. The van der Waals surface area contributed by atoms with Gasteiger partial charge in [-0.1, -0.05) is 11.6 Å². The van der Waals surface area contributed by atoms with E-state index in [1.54, 1.807) is 11.3 Å².